The van der Waals surface area contributed by atoms with Crippen molar-refractivity contribution in [3.63, 3.8) is 0 Å². The molecule has 0 bridgehead atoms. The maximum Gasteiger partial charge on any atom is 0.128 e. The summed E-state index contributed by atoms with van der Waals surface area (Å²) >= 11 is 0. The van der Waals surface area contributed by atoms with Crippen LogP contribution < -0.4 is 10.6 Å². The van der Waals surface area contributed by atoms with Gasteiger partial charge in [0.25, 0.3) is 0 Å². The number of anilines is 2. The van der Waals surface area contributed by atoms with E-state index in [4.69, 9.17) is 4.74 Å². The molecule has 1 fully saturated rings. The summed E-state index contributed by atoms with van der Waals surface area (Å²) in [5.74, 6) is 1.77. The van der Waals surface area contributed by atoms with Gasteiger partial charge in [-0.1, -0.05) is 6.07 Å². The van der Waals surface area contributed by atoms with E-state index in [1.807, 2.05) is 25.2 Å². The minimum absolute atomic E-state index is 0.0304. The highest BCUT2D eigenvalue weighted by Gasteiger charge is 2.29. The second-order valence-electron chi connectivity index (χ2n) is 4.41. The summed E-state index contributed by atoms with van der Waals surface area (Å²) in [6.45, 7) is 3.84. The number of nitrogens with zero attached hydrogens (tertiary/aromatic N) is 1. The van der Waals surface area contributed by atoms with E-state index in [0.717, 1.165) is 37.6 Å². The van der Waals surface area contributed by atoms with Gasteiger partial charge in [-0.2, -0.15) is 0 Å². The number of hydrogen-bond acceptors (Lipinski definition) is 4. The molecule has 2 N–H and O–H groups in total. The lowest BCUT2D eigenvalue weighted by Crippen LogP contribution is -2.32. The van der Waals surface area contributed by atoms with Gasteiger partial charge < -0.3 is 15.4 Å². The first-order valence-corrected chi connectivity index (χ1v) is 5.74. The molecule has 16 heavy (non-hydrogen) atoms. The van der Waals surface area contributed by atoms with Gasteiger partial charge >= 0.3 is 0 Å². The molecule has 0 spiro atoms. The van der Waals surface area contributed by atoms with Gasteiger partial charge in [-0.15, -0.1) is 0 Å². The first kappa shape index (κ1) is 11.2. The Bertz CT molecular complexity index is 348. The van der Waals surface area contributed by atoms with E-state index in [1.54, 1.807) is 0 Å². The largest absolute Gasteiger partial charge is 0.373 e. The van der Waals surface area contributed by atoms with Gasteiger partial charge in [-0.25, -0.2) is 4.98 Å². The smallest absolute Gasteiger partial charge is 0.128 e. The van der Waals surface area contributed by atoms with Gasteiger partial charge in [-0.05, 0) is 31.9 Å². The predicted molar refractivity (Wildman–Crippen MR) is 65.9 cm³/mol. The number of pyridine rings is 1. The Hall–Kier alpha value is -1.29. The maximum atomic E-state index is 5.71. The first-order valence-electron chi connectivity index (χ1n) is 5.74. The molecule has 2 heterocycles. The third kappa shape index (κ3) is 2.64. The number of ether oxygens (including phenoxy) is 1. The van der Waals surface area contributed by atoms with E-state index in [-0.39, 0.29) is 5.60 Å². The van der Waals surface area contributed by atoms with Crippen molar-refractivity contribution in [2.45, 2.75) is 25.4 Å². The quantitative estimate of drug-likeness (QED) is 0.817. The standard InChI is InChI=1S/C12H19N3O/c1-12(7-4-8-16-12)9-14-11-6-3-5-10(13-2)15-11/h3,5-6H,4,7-9H2,1-2H3,(H2,13,14,15). The van der Waals surface area contributed by atoms with Gasteiger partial charge in [-0.3, -0.25) is 0 Å². The van der Waals surface area contributed by atoms with E-state index < -0.39 is 0 Å². The van der Waals surface area contributed by atoms with Crippen molar-refractivity contribution in [1.82, 2.24) is 4.98 Å². The van der Waals surface area contributed by atoms with Crippen LogP contribution in [-0.2, 0) is 4.74 Å². The summed E-state index contributed by atoms with van der Waals surface area (Å²) in [6, 6.07) is 5.90. The van der Waals surface area contributed by atoms with E-state index in [2.05, 4.69) is 22.5 Å². The maximum absolute atomic E-state index is 5.71. The molecule has 1 aromatic heterocycles. The van der Waals surface area contributed by atoms with Gasteiger partial charge in [0.15, 0.2) is 0 Å². The van der Waals surface area contributed by atoms with E-state index >= 15 is 0 Å². The zero-order valence-corrected chi connectivity index (χ0v) is 9.92. The summed E-state index contributed by atoms with van der Waals surface area (Å²) in [5.41, 5.74) is -0.0304. The zero-order valence-electron chi connectivity index (χ0n) is 9.92. The Kier molecular flexibility index (Phi) is 3.29. The second kappa shape index (κ2) is 4.70. The Morgan fingerprint density at radius 1 is 1.44 bits per heavy atom. The first-order chi connectivity index (χ1) is 7.72. The molecule has 4 nitrogen and oxygen atoms in total. The van der Waals surface area contributed by atoms with Crippen LogP contribution in [0.4, 0.5) is 11.6 Å². The van der Waals surface area contributed by atoms with Crippen LogP contribution in [0.15, 0.2) is 18.2 Å². The van der Waals surface area contributed by atoms with E-state index in [0.29, 0.717) is 0 Å². The fraction of sp³-hybridized carbons (Fsp3) is 0.583. The lowest BCUT2D eigenvalue weighted by Gasteiger charge is -2.23. The Morgan fingerprint density at radius 2 is 2.25 bits per heavy atom. The van der Waals surface area contributed by atoms with Crippen molar-refractivity contribution in [1.29, 1.82) is 0 Å². The number of nitrogens with one attached hydrogen (secondary N) is 2. The predicted octanol–water partition coefficient (Wildman–Crippen LogP) is 2.10. The molecule has 1 unspecified atom stereocenters. The number of hydrogen-bond donors (Lipinski definition) is 2. The van der Waals surface area contributed by atoms with Crippen LogP contribution in [-0.4, -0.2) is 30.8 Å². The molecule has 1 aromatic rings. The molecule has 0 saturated carbocycles. The average molecular weight is 221 g/mol. The fourth-order valence-electron chi connectivity index (χ4n) is 1.93. The minimum Gasteiger partial charge on any atom is -0.373 e. The van der Waals surface area contributed by atoms with E-state index in [9.17, 15) is 0 Å². The summed E-state index contributed by atoms with van der Waals surface area (Å²) in [4.78, 5) is 4.41. The fourth-order valence-corrected chi connectivity index (χ4v) is 1.93. The summed E-state index contributed by atoms with van der Waals surface area (Å²) in [7, 11) is 1.87. The van der Waals surface area contributed by atoms with Crippen molar-refractivity contribution in [3.05, 3.63) is 18.2 Å². The molecule has 0 aliphatic carbocycles. The van der Waals surface area contributed by atoms with Crippen LogP contribution in [0.3, 0.4) is 0 Å². The van der Waals surface area contributed by atoms with Crippen LogP contribution in [0.25, 0.3) is 0 Å². The molecule has 0 radical (unpaired) electrons. The van der Waals surface area contributed by atoms with Gasteiger partial charge in [0.1, 0.15) is 11.6 Å². The average Bonchev–Trinajstić information content (AvgIpc) is 2.75. The Morgan fingerprint density at radius 3 is 2.94 bits per heavy atom. The molecule has 4 heteroatoms. The lowest BCUT2D eigenvalue weighted by atomic mass is 10.0. The van der Waals surface area contributed by atoms with Gasteiger partial charge in [0.2, 0.25) is 0 Å². The molecule has 2 rings (SSSR count). The van der Waals surface area contributed by atoms with E-state index in [1.165, 1.54) is 0 Å². The topological polar surface area (TPSA) is 46.2 Å². The van der Waals surface area contributed by atoms with Gasteiger partial charge in [0, 0.05) is 20.2 Å². The second-order valence-corrected chi connectivity index (χ2v) is 4.41. The van der Waals surface area contributed by atoms with Crippen LogP contribution in [0.1, 0.15) is 19.8 Å². The number of rotatable bonds is 4. The third-order valence-corrected chi connectivity index (χ3v) is 2.95. The minimum atomic E-state index is -0.0304. The molecule has 88 valence electrons. The molecule has 1 aliphatic rings. The molecule has 0 amide bonds. The van der Waals surface area contributed by atoms with Crippen LogP contribution in [0, 0.1) is 0 Å². The Balaban J connectivity index is 1.93. The van der Waals surface area contributed by atoms with Crippen molar-refractivity contribution in [2.75, 3.05) is 30.8 Å². The number of aromatic nitrogens is 1. The third-order valence-electron chi connectivity index (χ3n) is 2.95. The highest BCUT2D eigenvalue weighted by molar-refractivity contribution is 5.44. The summed E-state index contributed by atoms with van der Waals surface area (Å²) in [5, 5.41) is 6.35. The highest BCUT2D eigenvalue weighted by atomic mass is 16.5. The molecule has 0 aromatic carbocycles. The highest BCUT2D eigenvalue weighted by Crippen LogP contribution is 2.25. The van der Waals surface area contributed by atoms with Crippen molar-refractivity contribution in [3.8, 4) is 0 Å². The van der Waals surface area contributed by atoms with Crippen molar-refractivity contribution in [2.24, 2.45) is 0 Å². The van der Waals surface area contributed by atoms with Gasteiger partial charge in [0.05, 0.1) is 5.60 Å². The lowest BCUT2D eigenvalue weighted by molar-refractivity contribution is 0.0315. The van der Waals surface area contributed by atoms with Crippen molar-refractivity contribution >= 4 is 11.6 Å². The molecular formula is C12H19N3O. The molecule has 1 aliphatic heterocycles. The van der Waals surface area contributed by atoms with Crippen LogP contribution >= 0.6 is 0 Å². The summed E-state index contributed by atoms with van der Waals surface area (Å²) in [6.07, 6.45) is 2.27. The monoisotopic (exact) mass is 221 g/mol. The zero-order chi connectivity index (χ0) is 11.4. The molecule has 1 saturated heterocycles. The summed E-state index contributed by atoms with van der Waals surface area (Å²) < 4.78 is 5.71. The molecule has 1 atom stereocenters. The molecular weight excluding hydrogens is 202 g/mol. The normalized spacial score (nSPS) is 24.4. The van der Waals surface area contributed by atoms with Crippen molar-refractivity contribution < 1.29 is 4.74 Å². The SMILES string of the molecule is CNc1cccc(NCC2(C)CCCO2)n1. The van der Waals surface area contributed by atoms with Crippen LogP contribution in [0.2, 0.25) is 0 Å². The Labute approximate surface area is 96.4 Å². The van der Waals surface area contributed by atoms with Crippen LogP contribution in [0.5, 0.6) is 0 Å².